The summed E-state index contributed by atoms with van der Waals surface area (Å²) in [5, 5.41) is 15.6. The van der Waals surface area contributed by atoms with Crippen molar-refractivity contribution in [3.05, 3.63) is 24.2 Å². The SMILES string of the molecule is CC(Sc1nnc(NCc2ccco2)s1)C(=O)NC12CC3CC(CC(C3)C1)C2. The van der Waals surface area contributed by atoms with Gasteiger partial charge in [0.15, 0.2) is 4.34 Å². The Morgan fingerprint density at radius 2 is 2.00 bits per heavy atom. The molecule has 4 bridgehead atoms. The van der Waals surface area contributed by atoms with Crippen molar-refractivity contribution in [3.8, 4) is 0 Å². The summed E-state index contributed by atoms with van der Waals surface area (Å²) in [4.78, 5) is 12.9. The van der Waals surface area contributed by atoms with Crippen molar-refractivity contribution in [1.29, 1.82) is 0 Å². The molecule has 4 fully saturated rings. The summed E-state index contributed by atoms with van der Waals surface area (Å²) in [6.45, 7) is 2.55. The van der Waals surface area contributed by atoms with Gasteiger partial charge in [-0.2, -0.15) is 0 Å². The lowest BCUT2D eigenvalue weighted by molar-refractivity contribution is -0.126. The van der Waals surface area contributed by atoms with E-state index >= 15 is 0 Å². The molecule has 2 aromatic rings. The molecular formula is C20H26N4O2S2. The van der Waals surface area contributed by atoms with Crippen LogP contribution in [0.25, 0.3) is 0 Å². The zero-order chi connectivity index (χ0) is 19.1. The van der Waals surface area contributed by atoms with E-state index < -0.39 is 0 Å². The van der Waals surface area contributed by atoms with Gasteiger partial charge in [0.1, 0.15) is 5.76 Å². The molecule has 1 atom stereocenters. The molecule has 6 rings (SSSR count). The van der Waals surface area contributed by atoms with E-state index in [0.29, 0.717) is 6.54 Å². The van der Waals surface area contributed by atoms with E-state index in [2.05, 4.69) is 20.8 Å². The normalized spacial score (nSPS) is 31.7. The van der Waals surface area contributed by atoms with Crippen LogP contribution in [0.4, 0.5) is 5.13 Å². The molecule has 8 heteroatoms. The van der Waals surface area contributed by atoms with Crippen LogP contribution in [-0.2, 0) is 11.3 Å². The third kappa shape index (κ3) is 3.81. The average molecular weight is 419 g/mol. The van der Waals surface area contributed by atoms with Crippen LogP contribution in [0.1, 0.15) is 51.2 Å². The summed E-state index contributed by atoms with van der Waals surface area (Å²) in [6.07, 6.45) is 9.36. The second-order valence-electron chi connectivity index (χ2n) is 8.75. The molecule has 4 aliphatic rings. The Bertz CT molecular complexity index is 800. The zero-order valence-electron chi connectivity index (χ0n) is 16.0. The van der Waals surface area contributed by atoms with Crippen LogP contribution in [0.5, 0.6) is 0 Å². The molecule has 2 N–H and O–H groups in total. The molecule has 1 amide bonds. The van der Waals surface area contributed by atoms with E-state index in [1.54, 1.807) is 6.26 Å². The number of rotatable bonds is 7. The summed E-state index contributed by atoms with van der Waals surface area (Å²) < 4.78 is 6.12. The molecule has 4 saturated carbocycles. The molecular weight excluding hydrogens is 392 g/mol. The van der Waals surface area contributed by atoms with E-state index in [-0.39, 0.29) is 16.7 Å². The highest BCUT2D eigenvalue weighted by molar-refractivity contribution is 8.02. The van der Waals surface area contributed by atoms with Gasteiger partial charge in [0.25, 0.3) is 0 Å². The fourth-order valence-corrected chi connectivity index (χ4v) is 7.63. The number of carbonyl (C=O) groups excluding carboxylic acids is 1. The summed E-state index contributed by atoms with van der Waals surface area (Å²) in [7, 11) is 0. The lowest BCUT2D eigenvalue weighted by Gasteiger charge is -2.57. The van der Waals surface area contributed by atoms with Crippen LogP contribution in [0.15, 0.2) is 27.2 Å². The largest absolute Gasteiger partial charge is 0.467 e. The first-order valence-electron chi connectivity index (χ1n) is 10.2. The van der Waals surface area contributed by atoms with Gasteiger partial charge < -0.3 is 15.1 Å². The molecule has 6 nitrogen and oxygen atoms in total. The number of aromatic nitrogens is 2. The van der Waals surface area contributed by atoms with Gasteiger partial charge in [-0.15, -0.1) is 10.2 Å². The molecule has 0 aliphatic heterocycles. The van der Waals surface area contributed by atoms with E-state index in [4.69, 9.17) is 4.42 Å². The number of carbonyl (C=O) groups is 1. The molecule has 28 heavy (non-hydrogen) atoms. The van der Waals surface area contributed by atoms with E-state index in [1.807, 2.05) is 19.1 Å². The van der Waals surface area contributed by atoms with Crippen molar-refractivity contribution in [1.82, 2.24) is 15.5 Å². The van der Waals surface area contributed by atoms with Crippen molar-refractivity contribution in [2.24, 2.45) is 17.8 Å². The topological polar surface area (TPSA) is 80.1 Å². The van der Waals surface area contributed by atoms with Gasteiger partial charge >= 0.3 is 0 Å². The number of thioether (sulfide) groups is 1. The van der Waals surface area contributed by atoms with E-state index in [0.717, 1.165) is 33.0 Å². The van der Waals surface area contributed by atoms with Gasteiger partial charge in [0.2, 0.25) is 11.0 Å². The van der Waals surface area contributed by atoms with Crippen LogP contribution in [0.3, 0.4) is 0 Å². The summed E-state index contributed by atoms with van der Waals surface area (Å²) in [5.74, 6) is 3.50. The second kappa shape index (κ2) is 7.37. The smallest absolute Gasteiger partial charge is 0.233 e. The van der Waals surface area contributed by atoms with E-state index in [1.165, 1.54) is 61.6 Å². The third-order valence-corrected chi connectivity index (χ3v) is 8.54. The minimum Gasteiger partial charge on any atom is -0.467 e. The number of anilines is 1. The highest BCUT2D eigenvalue weighted by atomic mass is 32.2. The first kappa shape index (κ1) is 18.5. The number of amides is 1. The average Bonchev–Trinajstić information content (AvgIpc) is 3.30. The summed E-state index contributed by atoms with van der Waals surface area (Å²) in [5.41, 5.74) is 0.0670. The van der Waals surface area contributed by atoms with Gasteiger partial charge in [-0.3, -0.25) is 4.79 Å². The van der Waals surface area contributed by atoms with Crippen LogP contribution in [-0.4, -0.2) is 26.9 Å². The minimum absolute atomic E-state index is 0.0670. The monoisotopic (exact) mass is 418 g/mol. The van der Waals surface area contributed by atoms with Crippen LogP contribution < -0.4 is 10.6 Å². The molecule has 150 valence electrons. The summed E-state index contributed by atoms with van der Waals surface area (Å²) in [6, 6.07) is 3.78. The Morgan fingerprint density at radius 1 is 1.29 bits per heavy atom. The van der Waals surface area contributed by atoms with E-state index in [9.17, 15) is 4.79 Å². The second-order valence-corrected chi connectivity index (χ2v) is 11.3. The van der Waals surface area contributed by atoms with Gasteiger partial charge in [-0.25, -0.2) is 0 Å². The van der Waals surface area contributed by atoms with Gasteiger partial charge in [0.05, 0.1) is 18.1 Å². The van der Waals surface area contributed by atoms with Gasteiger partial charge in [-0.05, 0) is 75.3 Å². The minimum atomic E-state index is -0.168. The number of furan rings is 1. The van der Waals surface area contributed by atoms with Crippen LogP contribution >= 0.6 is 23.1 Å². The standard InChI is InChI=1S/C20H26N4O2S2/c1-12(27-19-24-23-18(28-19)21-11-16-3-2-4-26-16)17(25)22-20-8-13-5-14(9-20)7-15(6-13)10-20/h2-4,12-15H,5-11H2,1H3,(H,21,23)(H,22,25). The van der Waals surface area contributed by atoms with Crippen molar-refractivity contribution >= 4 is 34.1 Å². The molecule has 0 aromatic carbocycles. The number of hydrogen-bond acceptors (Lipinski definition) is 7. The fraction of sp³-hybridized carbons (Fsp3) is 0.650. The molecule has 4 aliphatic carbocycles. The lowest BCUT2D eigenvalue weighted by atomic mass is 9.53. The predicted molar refractivity (Wildman–Crippen MR) is 110 cm³/mol. The van der Waals surface area contributed by atoms with Crippen molar-refractivity contribution in [3.63, 3.8) is 0 Å². The maximum absolute atomic E-state index is 12.9. The molecule has 0 saturated heterocycles. The van der Waals surface area contributed by atoms with Crippen molar-refractivity contribution < 1.29 is 9.21 Å². The highest BCUT2D eigenvalue weighted by Crippen LogP contribution is 2.55. The van der Waals surface area contributed by atoms with Gasteiger partial charge in [-0.1, -0.05) is 23.1 Å². The summed E-state index contributed by atoms with van der Waals surface area (Å²) >= 11 is 2.97. The Labute approximate surface area is 173 Å². The number of nitrogens with one attached hydrogen (secondary N) is 2. The Kier molecular flexibility index (Phi) is 4.87. The predicted octanol–water partition coefficient (Wildman–Crippen LogP) is 4.31. The quantitative estimate of drug-likeness (QED) is 0.652. The lowest BCUT2D eigenvalue weighted by Crippen LogP contribution is -2.60. The van der Waals surface area contributed by atoms with Gasteiger partial charge in [0, 0.05) is 5.54 Å². The highest BCUT2D eigenvalue weighted by Gasteiger charge is 2.51. The number of hydrogen-bond donors (Lipinski definition) is 2. The first-order valence-corrected chi connectivity index (χ1v) is 11.8. The van der Waals surface area contributed by atoms with Crippen LogP contribution in [0.2, 0.25) is 0 Å². The zero-order valence-corrected chi connectivity index (χ0v) is 17.7. The van der Waals surface area contributed by atoms with Crippen molar-refractivity contribution in [2.45, 2.75) is 67.1 Å². The molecule has 2 aromatic heterocycles. The third-order valence-electron chi connectivity index (χ3n) is 6.47. The van der Waals surface area contributed by atoms with Crippen LogP contribution in [0, 0.1) is 17.8 Å². The molecule has 1 unspecified atom stereocenters. The molecule has 2 heterocycles. The van der Waals surface area contributed by atoms with Crippen molar-refractivity contribution in [2.75, 3.05) is 5.32 Å². The Balaban J connectivity index is 1.16. The maximum Gasteiger partial charge on any atom is 0.233 e. The Morgan fingerprint density at radius 3 is 2.64 bits per heavy atom. The first-order chi connectivity index (χ1) is 13.6. The Hall–Kier alpha value is -1.54. The number of nitrogens with zero attached hydrogens (tertiary/aromatic N) is 2. The molecule has 0 spiro atoms. The molecule has 0 radical (unpaired) electrons. The fourth-order valence-electron chi connectivity index (χ4n) is 5.74. The maximum atomic E-state index is 12.9.